The summed E-state index contributed by atoms with van der Waals surface area (Å²) in [6, 6.07) is 11.8. The Hall–Kier alpha value is -4.08. The normalized spacial score (nSPS) is 10.5. The molecule has 1 heterocycles. The van der Waals surface area contributed by atoms with Crippen molar-refractivity contribution in [1.29, 1.82) is 0 Å². The van der Waals surface area contributed by atoms with Crippen LogP contribution in [0.2, 0.25) is 0 Å². The molecule has 0 fully saturated rings. The maximum atomic E-state index is 12.4. The Kier molecular flexibility index (Phi) is 5.12. The number of hydrogen-bond acceptors (Lipinski definition) is 7. The molecule has 1 N–H and O–H groups in total. The predicted octanol–water partition coefficient (Wildman–Crippen LogP) is 1.64. The highest BCUT2D eigenvalue weighted by molar-refractivity contribution is 6.03. The first-order valence-electron chi connectivity index (χ1n) is 8.04. The van der Waals surface area contributed by atoms with Gasteiger partial charge in [-0.3, -0.25) is 19.7 Å². The maximum Gasteiger partial charge on any atom is 0.359 e. The van der Waals surface area contributed by atoms with E-state index in [0.29, 0.717) is 10.8 Å². The molecule has 3 rings (SSSR count). The quantitative estimate of drug-likeness (QED) is 0.403. The summed E-state index contributed by atoms with van der Waals surface area (Å²) in [5, 5.41) is 17.7. The Morgan fingerprint density at radius 2 is 1.89 bits per heavy atom. The van der Waals surface area contributed by atoms with E-state index in [1.165, 1.54) is 31.3 Å². The highest BCUT2D eigenvalue weighted by Gasteiger charge is 2.18. The van der Waals surface area contributed by atoms with Crippen molar-refractivity contribution in [3.05, 3.63) is 74.7 Å². The van der Waals surface area contributed by atoms with Gasteiger partial charge in [0, 0.05) is 30.3 Å². The molecule has 0 bridgehead atoms. The number of aryl methyl sites for hydroxylation is 1. The summed E-state index contributed by atoms with van der Waals surface area (Å²) < 4.78 is 6.00. The molecular formula is C18H14N4O6. The fourth-order valence-electron chi connectivity index (χ4n) is 2.54. The van der Waals surface area contributed by atoms with Crippen LogP contribution in [0.1, 0.15) is 10.5 Å². The smallest absolute Gasteiger partial charge is 0.359 e. The molecule has 1 amide bonds. The van der Waals surface area contributed by atoms with Gasteiger partial charge in [0.2, 0.25) is 0 Å². The second kappa shape index (κ2) is 7.66. The molecule has 0 unspecified atom stereocenters. The number of nitro benzene ring substituents is 1. The van der Waals surface area contributed by atoms with E-state index in [-0.39, 0.29) is 22.6 Å². The third-order valence-electron chi connectivity index (χ3n) is 3.82. The Morgan fingerprint density at radius 3 is 2.61 bits per heavy atom. The lowest BCUT2D eigenvalue weighted by Gasteiger charge is -2.09. The minimum atomic E-state index is -0.874. The van der Waals surface area contributed by atoms with Gasteiger partial charge in [-0.2, -0.15) is 5.10 Å². The summed E-state index contributed by atoms with van der Waals surface area (Å²) in [7, 11) is 1.40. The van der Waals surface area contributed by atoms with Gasteiger partial charge in [0.15, 0.2) is 12.3 Å². The first-order valence-corrected chi connectivity index (χ1v) is 8.04. The molecule has 0 saturated carbocycles. The zero-order chi connectivity index (χ0) is 20.3. The second-order valence-electron chi connectivity index (χ2n) is 5.75. The first-order chi connectivity index (χ1) is 13.4. The van der Waals surface area contributed by atoms with E-state index in [1.54, 1.807) is 24.3 Å². The van der Waals surface area contributed by atoms with Gasteiger partial charge >= 0.3 is 5.97 Å². The van der Waals surface area contributed by atoms with Gasteiger partial charge in [0.25, 0.3) is 17.2 Å². The maximum absolute atomic E-state index is 12.4. The Balaban J connectivity index is 1.73. The number of fused-ring (bicyclic) bond motifs is 1. The lowest BCUT2D eigenvalue weighted by molar-refractivity contribution is -0.384. The van der Waals surface area contributed by atoms with Crippen molar-refractivity contribution in [3.63, 3.8) is 0 Å². The molecular weight excluding hydrogens is 368 g/mol. The number of aromatic nitrogens is 2. The molecule has 0 aliphatic carbocycles. The summed E-state index contributed by atoms with van der Waals surface area (Å²) >= 11 is 0. The molecule has 3 aromatic rings. The SMILES string of the molecule is Cn1nc(C(=O)OCC(=O)Nc2cccc([N+](=O)[O-])c2)c2ccccc2c1=O. The molecule has 10 nitrogen and oxygen atoms in total. The van der Waals surface area contributed by atoms with Crippen LogP contribution in [-0.4, -0.2) is 33.2 Å². The Morgan fingerprint density at radius 1 is 1.18 bits per heavy atom. The molecule has 0 radical (unpaired) electrons. The summed E-state index contributed by atoms with van der Waals surface area (Å²) in [6.07, 6.45) is 0. The average Bonchev–Trinajstić information content (AvgIpc) is 2.69. The number of anilines is 1. The van der Waals surface area contributed by atoms with Crippen molar-refractivity contribution < 1.29 is 19.2 Å². The number of carbonyl (C=O) groups is 2. The number of nitrogens with zero attached hydrogens (tertiary/aromatic N) is 3. The standard InChI is InChI=1S/C18H14N4O6/c1-21-17(24)14-8-3-2-7-13(14)16(20-21)18(25)28-10-15(23)19-11-5-4-6-12(9-11)22(26)27/h2-9H,10H2,1H3,(H,19,23). The highest BCUT2D eigenvalue weighted by Crippen LogP contribution is 2.17. The van der Waals surface area contributed by atoms with Crippen LogP contribution >= 0.6 is 0 Å². The third-order valence-corrected chi connectivity index (χ3v) is 3.82. The van der Waals surface area contributed by atoms with Gasteiger partial charge in [-0.05, 0) is 12.1 Å². The van der Waals surface area contributed by atoms with E-state index >= 15 is 0 Å². The van der Waals surface area contributed by atoms with E-state index in [0.717, 1.165) is 4.68 Å². The van der Waals surface area contributed by atoms with Crippen LogP contribution in [0.25, 0.3) is 10.8 Å². The van der Waals surface area contributed by atoms with E-state index in [4.69, 9.17) is 4.74 Å². The highest BCUT2D eigenvalue weighted by atomic mass is 16.6. The molecule has 0 saturated heterocycles. The van der Waals surface area contributed by atoms with Crippen LogP contribution in [0.15, 0.2) is 53.3 Å². The lowest BCUT2D eigenvalue weighted by Crippen LogP contribution is -2.26. The zero-order valence-corrected chi connectivity index (χ0v) is 14.6. The van der Waals surface area contributed by atoms with Crippen molar-refractivity contribution in [3.8, 4) is 0 Å². The van der Waals surface area contributed by atoms with Gasteiger partial charge in [0.05, 0.1) is 10.3 Å². The van der Waals surface area contributed by atoms with Crippen LogP contribution in [0.5, 0.6) is 0 Å². The average molecular weight is 382 g/mol. The van der Waals surface area contributed by atoms with Crippen LogP contribution in [0, 0.1) is 10.1 Å². The van der Waals surface area contributed by atoms with Gasteiger partial charge in [-0.1, -0.05) is 24.3 Å². The van der Waals surface area contributed by atoms with E-state index in [1.807, 2.05) is 0 Å². The van der Waals surface area contributed by atoms with Gasteiger partial charge in [-0.25, -0.2) is 9.48 Å². The lowest BCUT2D eigenvalue weighted by atomic mass is 10.1. The molecule has 142 valence electrons. The Bertz CT molecular complexity index is 1150. The first kappa shape index (κ1) is 18.7. The molecule has 1 aromatic heterocycles. The Labute approximate surface area is 157 Å². The van der Waals surface area contributed by atoms with Crippen LogP contribution in [0.4, 0.5) is 11.4 Å². The molecule has 28 heavy (non-hydrogen) atoms. The summed E-state index contributed by atoms with van der Waals surface area (Å²) in [4.78, 5) is 46.6. The van der Waals surface area contributed by atoms with Crippen molar-refractivity contribution in [2.75, 3.05) is 11.9 Å². The van der Waals surface area contributed by atoms with Crippen LogP contribution in [-0.2, 0) is 16.6 Å². The topological polar surface area (TPSA) is 133 Å². The zero-order valence-electron chi connectivity index (χ0n) is 14.6. The number of esters is 1. The fourth-order valence-corrected chi connectivity index (χ4v) is 2.54. The van der Waals surface area contributed by atoms with Crippen molar-refractivity contribution in [2.45, 2.75) is 0 Å². The minimum absolute atomic E-state index is 0.0964. The van der Waals surface area contributed by atoms with Crippen LogP contribution < -0.4 is 10.9 Å². The van der Waals surface area contributed by atoms with Crippen molar-refractivity contribution >= 4 is 34.0 Å². The van der Waals surface area contributed by atoms with Crippen molar-refractivity contribution in [2.24, 2.45) is 7.05 Å². The second-order valence-corrected chi connectivity index (χ2v) is 5.75. The molecule has 2 aromatic carbocycles. The molecule has 0 aliphatic heterocycles. The number of benzene rings is 2. The largest absolute Gasteiger partial charge is 0.451 e. The number of non-ortho nitro benzene ring substituents is 1. The fraction of sp³-hybridized carbons (Fsp3) is 0.111. The number of nitrogens with one attached hydrogen (secondary N) is 1. The predicted molar refractivity (Wildman–Crippen MR) is 99.0 cm³/mol. The number of hydrogen-bond donors (Lipinski definition) is 1. The number of rotatable bonds is 5. The summed E-state index contributed by atoms with van der Waals surface area (Å²) in [5.41, 5.74) is -0.451. The summed E-state index contributed by atoms with van der Waals surface area (Å²) in [6.45, 7) is -0.625. The van der Waals surface area contributed by atoms with E-state index in [9.17, 15) is 24.5 Å². The van der Waals surface area contributed by atoms with Gasteiger partial charge in [-0.15, -0.1) is 0 Å². The number of nitro groups is 1. The third kappa shape index (κ3) is 3.85. The molecule has 0 atom stereocenters. The van der Waals surface area contributed by atoms with Gasteiger partial charge < -0.3 is 10.1 Å². The van der Waals surface area contributed by atoms with Gasteiger partial charge in [0.1, 0.15) is 0 Å². The molecule has 0 aliphatic rings. The minimum Gasteiger partial charge on any atom is -0.451 e. The number of ether oxygens (including phenoxy) is 1. The monoisotopic (exact) mass is 382 g/mol. The number of carbonyl (C=O) groups excluding carboxylic acids is 2. The van der Waals surface area contributed by atoms with E-state index in [2.05, 4.69) is 10.4 Å². The molecule has 0 spiro atoms. The van der Waals surface area contributed by atoms with Crippen LogP contribution in [0.3, 0.4) is 0 Å². The van der Waals surface area contributed by atoms with E-state index < -0.39 is 23.4 Å². The summed E-state index contributed by atoms with van der Waals surface area (Å²) in [5.74, 6) is -1.55. The molecule has 10 heteroatoms. The van der Waals surface area contributed by atoms with Crippen molar-refractivity contribution in [1.82, 2.24) is 9.78 Å². The number of amides is 1.